The Bertz CT molecular complexity index is 1090. The van der Waals surface area contributed by atoms with Crippen molar-refractivity contribution in [3.63, 3.8) is 0 Å². The molecule has 0 aliphatic carbocycles. The van der Waals surface area contributed by atoms with Crippen LogP contribution in [0.5, 0.6) is 0 Å². The molecular weight excluding hydrogens is 400 g/mol. The van der Waals surface area contributed by atoms with Gasteiger partial charge in [-0.05, 0) is 44.8 Å². The van der Waals surface area contributed by atoms with Crippen LogP contribution in [-0.2, 0) is 12.0 Å². The summed E-state index contributed by atoms with van der Waals surface area (Å²) in [5, 5.41) is 4.67. The van der Waals surface area contributed by atoms with Crippen molar-refractivity contribution in [2.75, 3.05) is 36.8 Å². The fourth-order valence-electron chi connectivity index (χ4n) is 4.75. The lowest BCUT2D eigenvalue weighted by molar-refractivity contribution is 0.201. The van der Waals surface area contributed by atoms with Crippen molar-refractivity contribution in [1.82, 2.24) is 29.5 Å². The molecule has 0 spiro atoms. The van der Waals surface area contributed by atoms with Crippen LogP contribution < -0.4 is 10.6 Å². The molecule has 0 saturated carbocycles. The third-order valence-electron chi connectivity index (χ3n) is 6.72. The van der Waals surface area contributed by atoms with Crippen molar-refractivity contribution in [2.45, 2.75) is 64.3 Å². The van der Waals surface area contributed by atoms with Crippen LogP contribution in [0.3, 0.4) is 0 Å². The standard InChI is InChI=1S/C24H34N8/c1-24(2,3)20-15-22-28-19(14-21(25)32(22)29-20)17-7-12-30(13-8-17)16-18-6-9-26-23(27-18)31-10-4-5-11-31/h6,9,14-15,17H,4-5,7-8,10-13,16,25H2,1-3H3. The first kappa shape index (κ1) is 21.1. The smallest absolute Gasteiger partial charge is 0.225 e. The van der Waals surface area contributed by atoms with Gasteiger partial charge in [0, 0.05) is 55.0 Å². The van der Waals surface area contributed by atoms with Crippen LogP contribution in [0.1, 0.15) is 69.5 Å². The number of hydrogen-bond donors (Lipinski definition) is 1. The van der Waals surface area contributed by atoms with Gasteiger partial charge in [-0.2, -0.15) is 9.61 Å². The molecule has 0 atom stereocenters. The van der Waals surface area contributed by atoms with Crippen LogP contribution in [0, 0.1) is 0 Å². The minimum atomic E-state index is -0.0265. The first-order valence-corrected chi connectivity index (χ1v) is 11.8. The van der Waals surface area contributed by atoms with Crippen LogP contribution in [0.4, 0.5) is 11.8 Å². The maximum atomic E-state index is 6.35. The molecule has 2 N–H and O–H groups in total. The van der Waals surface area contributed by atoms with Gasteiger partial charge in [0.15, 0.2) is 5.65 Å². The summed E-state index contributed by atoms with van der Waals surface area (Å²) < 4.78 is 1.77. The van der Waals surface area contributed by atoms with Crippen LogP contribution in [0.2, 0.25) is 0 Å². The second-order valence-electron chi connectivity index (χ2n) is 10.2. The van der Waals surface area contributed by atoms with Gasteiger partial charge in [0.2, 0.25) is 5.95 Å². The predicted octanol–water partition coefficient (Wildman–Crippen LogP) is 3.38. The summed E-state index contributed by atoms with van der Waals surface area (Å²) in [4.78, 5) is 19.0. The van der Waals surface area contributed by atoms with Crippen molar-refractivity contribution in [2.24, 2.45) is 0 Å². The Kier molecular flexibility index (Phi) is 5.49. The summed E-state index contributed by atoms with van der Waals surface area (Å²) in [6, 6.07) is 6.13. The number of nitrogens with two attached hydrogens (primary N) is 1. The van der Waals surface area contributed by atoms with E-state index in [-0.39, 0.29) is 5.41 Å². The van der Waals surface area contributed by atoms with E-state index in [0.29, 0.717) is 11.7 Å². The van der Waals surface area contributed by atoms with Gasteiger partial charge in [-0.1, -0.05) is 20.8 Å². The van der Waals surface area contributed by atoms with E-state index in [0.717, 1.165) is 74.2 Å². The number of likely N-dealkylation sites (tertiary alicyclic amines) is 1. The van der Waals surface area contributed by atoms with Crippen molar-refractivity contribution in [1.29, 1.82) is 0 Å². The highest BCUT2D eigenvalue weighted by Gasteiger charge is 2.25. The molecule has 8 heteroatoms. The fraction of sp³-hybridized carbons (Fsp3) is 0.583. The predicted molar refractivity (Wildman–Crippen MR) is 127 cm³/mol. The van der Waals surface area contributed by atoms with E-state index in [9.17, 15) is 0 Å². The van der Waals surface area contributed by atoms with Crippen molar-refractivity contribution in [3.8, 4) is 0 Å². The number of piperidine rings is 1. The number of hydrogen-bond acceptors (Lipinski definition) is 7. The summed E-state index contributed by atoms with van der Waals surface area (Å²) in [6.07, 6.45) is 6.53. The largest absolute Gasteiger partial charge is 0.384 e. The molecule has 0 aromatic carbocycles. The number of anilines is 2. The molecule has 2 saturated heterocycles. The monoisotopic (exact) mass is 434 g/mol. The molecule has 3 aromatic rings. The Hall–Kier alpha value is -2.74. The minimum Gasteiger partial charge on any atom is -0.384 e. The molecule has 2 aliphatic rings. The highest BCUT2D eigenvalue weighted by Crippen LogP contribution is 2.30. The van der Waals surface area contributed by atoms with E-state index in [4.69, 9.17) is 15.7 Å². The fourth-order valence-corrected chi connectivity index (χ4v) is 4.75. The third kappa shape index (κ3) is 4.28. The lowest BCUT2D eigenvalue weighted by Crippen LogP contribution is -2.33. The topological polar surface area (TPSA) is 88.5 Å². The Balaban J connectivity index is 1.25. The molecule has 170 valence electrons. The highest BCUT2D eigenvalue weighted by molar-refractivity contribution is 5.49. The van der Waals surface area contributed by atoms with Gasteiger partial charge in [0.25, 0.3) is 0 Å². The average molecular weight is 435 g/mol. The molecule has 2 aliphatic heterocycles. The quantitative estimate of drug-likeness (QED) is 0.673. The van der Waals surface area contributed by atoms with Crippen LogP contribution in [0.15, 0.2) is 24.4 Å². The number of rotatable bonds is 4. The Morgan fingerprint density at radius 1 is 1.03 bits per heavy atom. The van der Waals surface area contributed by atoms with Gasteiger partial charge in [-0.25, -0.2) is 15.0 Å². The van der Waals surface area contributed by atoms with Crippen molar-refractivity contribution in [3.05, 3.63) is 41.5 Å². The molecule has 8 nitrogen and oxygen atoms in total. The normalized spacial score (nSPS) is 18.7. The zero-order valence-corrected chi connectivity index (χ0v) is 19.5. The van der Waals surface area contributed by atoms with Crippen molar-refractivity contribution < 1.29 is 0 Å². The van der Waals surface area contributed by atoms with Gasteiger partial charge >= 0.3 is 0 Å². The first-order valence-electron chi connectivity index (χ1n) is 11.8. The van der Waals surface area contributed by atoms with Gasteiger partial charge in [-0.3, -0.25) is 4.90 Å². The average Bonchev–Trinajstić information content (AvgIpc) is 3.45. The number of fused-ring (bicyclic) bond motifs is 1. The zero-order valence-electron chi connectivity index (χ0n) is 19.5. The van der Waals surface area contributed by atoms with Gasteiger partial charge in [0.1, 0.15) is 5.82 Å². The molecule has 0 radical (unpaired) electrons. The SMILES string of the molecule is CC(C)(C)c1cc2nc(C3CCN(Cc4ccnc(N5CCCC5)n4)CC3)cc(N)n2n1. The van der Waals surface area contributed by atoms with E-state index in [2.05, 4.69) is 46.7 Å². The summed E-state index contributed by atoms with van der Waals surface area (Å²) in [5.41, 5.74) is 10.4. The Labute approximate surface area is 189 Å². The third-order valence-corrected chi connectivity index (χ3v) is 6.72. The maximum absolute atomic E-state index is 6.35. The molecule has 2 fully saturated rings. The van der Waals surface area contributed by atoms with Crippen LogP contribution in [-0.4, -0.2) is 55.6 Å². The van der Waals surface area contributed by atoms with E-state index < -0.39 is 0 Å². The molecule has 5 rings (SSSR count). The minimum absolute atomic E-state index is 0.0265. The second-order valence-corrected chi connectivity index (χ2v) is 10.2. The molecule has 32 heavy (non-hydrogen) atoms. The number of nitrogen functional groups attached to an aromatic ring is 1. The summed E-state index contributed by atoms with van der Waals surface area (Å²) >= 11 is 0. The second kappa shape index (κ2) is 8.31. The Morgan fingerprint density at radius 2 is 1.78 bits per heavy atom. The maximum Gasteiger partial charge on any atom is 0.225 e. The molecular formula is C24H34N8. The van der Waals surface area contributed by atoms with E-state index in [1.54, 1.807) is 4.52 Å². The molecule has 5 heterocycles. The Morgan fingerprint density at radius 3 is 2.50 bits per heavy atom. The molecule has 3 aromatic heterocycles. The van der Waals surface area contributed by atoms with Gasteiger partial charge < -0.3 is 10.6 Å². The lowest BCUT2D eigenvalue weighted by Gasteiger charge is -2.31. The van der Waals surface area contributed by atoms with Crippen molar-refractivity contribution >= 4 is 17.4 Å². The summed E-state index contributed by atoms with van der Waals surface area (Å²) in [6.45, 7) is 11.6. The molecule has 0 amide bonds. The first-order chi connectivity index (χ1) is 15.4. The van der Waals surface area contributed by atoms with Gasteiger partial charge in [0.05, 0.1) is 11.4 Å². The van der Waals surface area contributed by atoms with Crippen LogP contribution >= 0.6 is 0 Å². The van der Waals surface area contributed by atoms with Crippen LogP contribution in [0.25, 0.3) is 5.65 Å². The molecule has 0 bridgehead atoms. The summed E-state index contributed by atoms with van der Waals surface area (Å²) in [7, 11) is 0. The molecule has 0 unspecified atom stereocenters. The number of nitrogens with zero attached hydrogens (tertiary/aromatic N) is 7. The lowest BCUT2D eigenvalue weighted by atomic mass is 9.92. The summed E-state index contributed by atoms with van der Waals surface area (Å²) in [5.74, 6) is 1.98. The van der Waals surface area contributed by atoms with E-state index >= 15 is 0 Å². The zero-order chi connectivity index (χ0) is 22.3. The van der Waals surface area contributed by atoms with E-state index in [1.165, 1.54) is 12.8 Å². The number of aromatic nitrogens is 5. The van der Waals surface area contributed by atoms with Gasteiger partial charge in [-0.15, -0.1) is 0 Å². The van der Waals surface area contributed by atoms with E-state index in [1.807, 2.05) is 18.3 Å². The highest BCUT2D eigenvalue weighted by atomic mass is 15.3.